The molecule has 14 heavy (non-hydrogen) atoms. The van der Waals surface area contributed by atoms with E-state index < -0.39 is 30.1 Å². The van der Waals surface area contributed by atoms with Crippen LogP contribution in [-0.2, 0) is 4.79 Å². The van der Waals surface area contributed by atoms with E-state index in [1.807, 2.05) is 0 Å². The molecule has 0 bridgehead atoms. The van der Waals surface area contributed by atoms with Gasteiger partial charge in [0.15, 0.2) is 0 Å². The Balaban J connectivity index is 2.60. The Morgan fingerprint density at radius 1 is 1.07 bits per heavy atom. The lowest BCUT2D eigenvalue weighted by molar-refractivity contribution is -0.143. The highest BCUT2D eigenvalue weighted by molar-refractivity contribution is 5.70. The molecule has 0 amide bonds. The number of carbonyl (C=O) groups is 1. The van der Waals surface area contributed by atoms with Gasteiger partial charge in [0.1, 0.15) is 0 Å². The van der Waals surface area contributed by atoms with Crippen LogP contribution in [0.15, 0.2) is 0 Å². The fourth-order valence-corrected chi connectivity index (χ4v) is 1.82. The first kappa shape index (κ1) is 11.4. The van der Waals surface area contributed by atoms with Gasteiger partial charge < -0.3 is 21.1 Å². The minimum atomic E-state index is -0.916. The maximum Gasteiger partial charge on any atom is 0.308 e. The van der Waals surface area contributed by atoms with E-state index in [2.05, 4.69) is 0 Å². The van der Waals surface area contributed by atoms with Crippen LogP contribution in [0, 0.1) is 5.92 Å². The number of nitrogens with two attached hydrogens (primary N) is 1. The van der Waals surface area contributed by atoms with Crippen LogP contribution in [0.25, 0.3) is 0 Å². The Kier molecular flexibility index (Phi) is 3.86. The zero-order valence-electron chi connectivity index (χ0n) is 7.97. The first-order valence-electron chi connectivity index (χ1n) is 4.87. The van der Waals surface area contributed by atoms with Gasteiger partial charge in [0.2, 0.25) is 0 Å². The average Bonchev–Trinajstić information content (AvgIpc) is 2.11. The number of carboxylic acid groups (broad SMARTS) is 1. The van der Waals surface area contributed by atoms with Crippen molar-refractivity contribution in [1.29, 1.82) is 0 Å². The number of aliphatic hydroxyl groups is 2. The van der Waals surface area contributed by atoms with Gasteiger partial charge in [-0.25, -0.2) is 0 Å². The summed E-state index contributed by atoms with van der Waals surface area (Å²) in [5.74, 6) is -1.52. The minimum absolute atomic E-state index is 0.297. The van der Waals surface area contributed by atoms with E-state index in [9.17, 15) is 15.0 Å². The fraction of sp³-hybridized carbons (Fsp3) is 0.889. The van der Waals surface area contributed by atoms with Crippen molar-refractivity contribution in [1.82, 2.24) is 0 Å². The van der Waals surface area contributed by atoms with Gasteiger partial charge >= 0.3 is 5.97 Å². The zero-order valence-corrected chi connectivity index (χ0v) is 7.97. The first-order valence-corrected chi connectivity index (χ1v) is 4.87. The molecule has 5 nitrogen and oxygen atoms in total. The number of aliphatic carboxylic acids is 1. The molecule has 0 radical (unpaired) electrons. The van der Waals surface area contributed by atoms with Crippen LogP contribution in [0.3, 0.4) is 0 Å². The quantitative estimate of drug-likeness (QED) is 0.451. The molecule has 5 N–H and O–H groups in total. The third-order valence-electron chi connectivity index (χ3n) is 2.85. The monoisotopic (exact) mass is 203 g/mol. The lowest BCUT2D eigenvalue weighted by atomic mass is 9.85. The highest BCUT2D eigenvalue weighted by Crippen LogP contribution is 2.22. The van der Waals surface area contributed by atoms with Gasteiger partial charge in [-0.1, -0.05) is 0 Å². The van der Waals surface area contributed by atoms with Crippen LogP contribution in [0.2, 0.25) is 0 Å². The summed E-state index contributed by atoms with van der Waals surface area (Å²) in [6.07, 6.45) is -0.151. The summed E-state index contributed by atoms with van der Waals surface area (Å²) < 4.78 is 0. The van der Waals surface area contributed by atoms with E-state index in [1.165, 1.54) is 0 Å². The Bertz CT molecular complexity index is 209. The van der Waals surface area contributed by atoms with Crippen molar-refractivity contribution >= 4 is 5.97 Å². The zero-order chi connectivity index (χ0) is 10.7. The molecule has 1 aliphatic rings. The summed E-state index contributed by atoms with van der Waals surface area (Å²) >= 11 is 0. The summed E-state index contributed by atoms with van der Waals surface area (Å²) in [7, 11) is 0. The molecule has 0 spiro atoms. The van der Waals surface area contributed by atoms with Crippen LogP contribution in [-0.4, -0.2) is 39.5 Å². The molecule has 4 unspecified atom stereocenters. The van der Waals surface area contributed by atoms with Gasteiger partial charge in [0, 0.05) is 6.04 Å². The standard InChI is InChI=1S/C9H17NO4/c10-6-2-4-8(12)7(11)3-1-5(6)9(13)14/h5-8,11-12H,1-4,10H2,(H,13,14). The van der Waals surface area contributed by atoms with Crippen LogP contribution >= 0.6 is 0 Å². The predicted octanol–water partition coefficient (Wildman–Crippen LogP) is -0.690. The second-order valence-electron chi connectivity index (χ2n) is 3.90. The number of hydrogen-bond donors (Lipinski definition) is 4. The number of carboxylic acids is 1. The maximum atomic E-state index is 10.8. The van der Waals surface area contributed by atoms with Crippen LogP contribution in [0.4, 0.5) is 0 Å². The normalized spacial score (nSPS) is 39.9. The Morgan fingerprint density at radius 2 is 1.57 bits per heavy atom. The van der Waals surface area contributed by atoms with Gasteiger partial charge in [-0.3, -0.25) is 4.79 Å². The molecule has 0 aromatic heterocycles. The largest absolute Gasteiger partial charge is 0.481 e. The predicted molar refractivity (Wildman–Crippen MR) is 49.6 cm³/mol. The fourth-order valence-electron chi connectivity index (χ4n) is 1.82. The second kappa shape index (κ2) is 4.72. The van der Waals surface area contributed by atoms with Crippen molar-refractivity contribution in [3.8, 4) is 0 Å². The summed E-state index contributed by atoms with van der Waals surface area (Å²) in [4.78, 5) is 10.8. The van der Waals surface area contributed by atoms with Gasteiger partial charge in [-0.15, -0.1) is 0 Å². The van der Waals surface area contributed by atoms with Crippen molar-refractivity contribution < 1.29 is 20.1 Å². The second-order valence-corrected chi connectivity index (χ2v) is 3.90. The van der Waals surface area contributed by atoms with E-state index in [4.69, 9.17) is 10.8 Å². The van der Waals surface area contributed by atoms with Crippen LogP contribution in [0.5, 0.6) is 0 Å². The Labute approximate surface area is 82.5 Å². The van der Waals surface area contributed by atoms with Crippen molar-refractivity contribution in [2.75, 3.05) is 0 Å². The summed E-state index contributed by atoms with van der Waals surface area (Å²) in [6, 6.07) is -0.422. The smallest absolute Gasteiger partial charge is 0.308 e. The van der Waals surface area contributed by atoms with E-state index in [0.29, 0.717) is 25.7 Å². The molecule has 4 atom stereocenters. The first-order chi connectivity index (χ1) is 6.52. The van der Waals surface area contributed by atoms with Crippen molar-refractivity contribution in [3.05, 3.63) is 0 Å². The third-order valence-corrected chi connectivity index (χ3v) is 2.85. The molecule has 82 valence electrons. The highest BCUT2D eigenvalue weighted by Gasteiger charge is 2.30. The highest BCUT2D eigenvalue weighted by atomic mass is 16.4. The van der Waals surface area contributed by atoms with Crippen molar-refractivity contribution in [3.63, 3.8) is 0 Å². The summed E-state index contributed by atoms with van der Waals surface area (Å²) in [5, 5.41) is 27.6. The SMILES string of the molecule is NC1CCC(O)C(O)CCC1C(=O)O. The topological polar surface area (TPSA) is 104 Å². The number of hydrogen-bond acceptors (Lipinski definition) is 4. The molecule has 5 heteroatoms. The number of aliphatic hydroxyl groups excluding tert-OH is 2. The summed E-state index contributed by atoms with van der Waals surface area (Å²) in [6.45, 7) is 0. The lowest BCUT2D eigenvalue weighted by Gasteiger charge is -2.27. The minimum Gasteiger partial charge on any atom is -0.481 e. The number of rotatable bonds is 1. The Hall–Kier alpha value is -0.650. The average molecular weight is 203 g/mol. The van der Waals surface area contributed by atoms with Gasteiger partial charge in [-0.05, 0) is 25.7 Å². The van der Waals surface area contributed by atoms with E-state index in [-0.39, 0.29) is 0 Å². The van der Waals surface area contributed by atoms with E-state index >= 15 is 0 Å². The van der Waals surface area contributed by atoms with Crippen LogP contribution in [0.1, 0.15) is 25.7 Å². The van der Waals surface area contributed by atoms with Crippen molar-refractivity contribution in [2.24, 2.45) is 11.7 Å². The molecule has 0 aromatic carbocycles. The summed E-state index contributed by atoms with van der Waals surface area (Å²) in [5.41, 5.74) is 5.68. The van der Waals surface area contributed by atoms with Gasteiger partial charge in [0.05, 0.1) is 18.1 Å². The molecule has 0 aromatic rings. The van der Waals surface area contributed by atoms with E-state index in [1.54, 1.807) is 0 Å². The third kappa shape index (κ3) is 2.67. The van der Waals surface area contributed by atoms with Gasteiger partial charge in [0.25, 0.3) is 0 Å². The molecule has 1 rings (SSSR count). The molecule has 1 saturated carbocycles. The molecule has 1 fully saturated rings. The molecule has 1 aliphatic carbocycles. The maximum absolute atomic E-state index is 10.8. The van der Waals surface area contributed by atoms with Crippen LogP contribution < -0.4 is 5.73 Å². The molecule has 0 heterocycles. The molecule has 0 aliphatic heterocycles. The van der Waals surface area contributed by atoms with Crippen molar-refractivity contribution in [2.45, 2.75) is 43.9 Å². The Morgan fingerprint density at radius 3 is 2.07 bits per heavy atom. The van der Waals surface area contributed by atoms with E-state index in [0.717, 1.165) is 0 Å². The van der Waals surface area contributed by atoms with Gasteiger partial charge in [-0.2, -0.15) is 0 Å². The molecule has 0 saturated heterocycles. The molecular formula is C9H17NO4. The molecular weight excluding hydrogens is 186 g/mol. The lowest BCUT2D eigenvalue weighted by Crippen LogP contribution is -2.40.